The van der Waals surface area contributed by atoms with Gasteiger partial charge in [0.05, 0.1) is 21.9 Å². The van der Waals surface area contributed by atoms with E-state index < -0.39 is 0 Å². The molecule has 1 N–H and O–H groups in total. The van der Waals surface area contributed by atoms with Gasteiger partial charge in [0.15, 0.2) is 0 Å². The van der Waals surface area contributed by atoms with E-state index in [2.05, 4.69) is 12.2 Å². The number of halogens is 2. The smallest absolute Gasteiger partial charge is 0.0991 e. The summed E-state index contributed by atoms with van der Waals surface area (Å²) in [4.78, 5) is 0. The molecule has 1 aromatic heterocycles. The van der Waals surface area contributed by atoms with Gasteiger partial charge in [-0.1, -0.05) is 23.2 Å². The summed E-state index contributed by atoms with van der Waals surface area (Å²) in [6, 6.07) is 2.13. The maximum atomic E-state index is 6.09. The van der Waals surface area contributed by atoms with Crippen LogP contribution in [0.5, 0.6) is 0 Å². The first-order chi connectivity index (χ1) is 8.65. The molecule has 0 aliphatic heterocycles. The Kier molecular flexibility index (Phi) is 8.22. The Bertz CT molecular complexity index is 347. The fraction of sp³-hybridized carbons (Fsp3) is 0.667. The van der Waals surface area contributed by atoms with Crippen molar-refractivity contribution in [2.75, 3.05) is 33.5 Å². The Morgan fingerprint density at radius 1 is 1.33 bits per heavy atom. The molecular formula is C12H19Cl2NO2S. The van der Waals surface area contributed by atoms with Gasteiger partial charge in [0.2, 0.25) is 0 Å². The maximum absolute atomic E-state index is 6.09. The second-order valence-corrected chi connectivity index (χ2v) is 6.20. The van der Waals surface area contributed by atoms with Crippen molar-refractivity contribution in [3.8, 4) is 0 Å². The lowest BCUT2D eigenvalue weighted by Crippen LogP contribution is -2.21. The molecular weight excluding hydrogens is 293 g/mol. The number of thiophene rings is 1. The number of ether oxygens (including phenoxy) is 2. The molecule has 6 heteroatoms. The molecule has 0 bridgehead atoms. The Morgan fingerprint density at radius 2 is 2.11 bits per heavy atom. The van der Waals surface area contributed by atoms with Crippen LogP contribution in [0.1, 0.15) is 24.9 Å². The Morgan fingerprint density at radius 3 is 2.72 bits per heavy atom. The van der Waals surface area contributed by atoms with Crippen molar-refractivity contribution in [3.05, 3.63) is 20.3 Å². The van der Waals surface area contributed by atoms with E-state index in [1.807, 2.05) is 6.07 Å². The van der Waals surface area contributed by atoms with Gasteiger partial charge in [0.1, 0.15) is 0 Å². The van der Waals surface area contributed by atoms with Gasteiger partial charge >= 0.3 is 0 Å². The van der Waals surface area contributed by atoms with Crippen LogP contribution >= 0.6 is 34.5 Å². The molecule has 0 aromatic carbocycles. The molecule has 0 amide bonds. The molecule has 0 saturated carbocycles. The fourth-order valence-corrected chi connectivity index (χ4v) is 3.14. The summed E-state index contributed by atoms with van der Waals surface area (Å²) >= 11 is 13.4. The summed E-state index contributed by atoms with van der Waals surface area (Å²) in [7, 11) is 1.67. The summed E-state index contributed by atoms with van der Waals surface area (Å²) in [6.45, 7) is 5.00. The number of methoxy groups -OCH3 is 1. The first kappa shape index (κ1) is 16.2. The van der Waals surface area contributed by atoms with Gasteiger partial charge in [0, 0.05) is 19.8 Å². The van der Waals surface area contributed by atoms with E-state index in [4.69, 9.17) is 32.7 Å². The predicted octanol–water partition coefficient (Wildman–Crippen LogP) is 3.76. The molecule has 104 valence electrons. The molecule has 1 unspecified atom stereocenters. The van der Waals surface area contributed by atoms with Crippen LogP contribution < -0.4 is 5.32 Å². The number of nitrogens with one attached hydrogen (secondary N) is 1. The Hall–Kier alpha value is 0.160. The minimum absolute atomic E-state index is 0.209. The van der Waals surface area contributed by atoms with E-state index >= 15 is 0 Å². The van der Waals surface area contributed by atoms with E-state index in [0.29, 0.717) is 13.2 Å². The molecule has 0 radical (unpaired) electrons. The molecule has 0 aliphatic carbocycles. The highest BCUT2D eigenvalue weighted by molar-refractivity contribution is 7.20. The van der Waals surface area contributed by atoms with Crippen molar-refractivity contribution in [2.24, 2.45) is 0 Å². The topological polar surface area (TPSA) is 30.5 Å². The average Bonchev–Trinajstić information content (AvgIpc) is 2.67. The number of hydrogen-bond acceptors (Lipinski definition) is 4. The summed E-state index contributed by atoms with van der Waals surface area (Å²) in [5, 5.41) is 3.40. The van der Waals surface area contributed by atoms with Gasteiger partial charge in [-0.25, -0.2) is 0 Å². The average molecular weight is 312 g/mol. The standard InChI is InChI=1S/C12H19Cl2NO2S/c1-9(10-8-11(13)18-12(10)14)15-4-3-5-17-7-6-16-2/h8-9,15H,3-7H2,1-2H3. The zero-order valence-corrected chi connectivity index (χ0v) is 13.0. The van der Waals surface area contributed by atoms with E-state index in [9.17, 15) is 0 Å². The van der Waals surface area contributed by atoms with Crippen molar-refractivity contribution in [1.29, 1.82) is 0 Å². The van der Waals surface area contributed by atoms with Crippen LogP contribution in [-0.4, -0.2) is 33.5 Å². The monoisotopic (exact) mass is 311 g/mol. The van der Waals surface area contributed by atoms with Gasteiger partial charge < -0.3 is 14.8 Å². The quantitative estimate of drug-likeness (QED) is 0.704. The summed E-state index contributed by atoms with van der Waals surface area (Å²) in [5.41, 5.74) is 1.06. The Labute approximate surface area is 122 Å². The van der Waals surface area contributed by atoms with Crippen molar-refractivity contribution < 1.29 is 9.47 Å². The molecule has 0 spiro atoms. The van der Waals surface area contributed by atoms with Crippen LogP contribution in [0.15, 0.2) is 6.07 Å². The van der Waals surface area contributed by atoms with Crippen LogP contribution in [0, 0.1) is 0 Å². The lowest BCUT2D eigenvalue weighted by Gasteiger charge is -2.13. The summed E-state index contributed by atoms with van der Waals surface area (Å²) in [5.74, 6) is 0. The molecule has 1 rings (SSSR count). The van der Waals surface area contributed by atoms with E-state index in [-0.39, 0.29) is 6.04 Å². The molecule has 18 heavy (non-hydrogen) atoms. The highest BCUT2D eigenvalue weighted by atomic mass is 35.5. The van der Waals surface area contributed by atoms with Gasteiger partial charge in [-0.3, -0.25) is 0 Å². The molecule has 1 heterocycles. The van der Waals surface area contributed by atoms with Gasteiger partial charge in [-0.15, -0.1) is 11.3 Å². The molecule has 3 nitrogen and oxygen atoms in total. The van der Waals surface area contributed by atoms with E-state index in [0.717, 1.165) is 33.8 Å². The third-order valence-electron chi connectivity index (χ3n) is 2.50. The van der Waals surface area contributed by atoms with Crippen LogP contribution in [-0.2, 0) is 9.47 Å². The second-order valence-electron chi connectivity index (χ2n) is 3.91. The lowest BCUT2D eigenvalue weighted by molar-refractivity contribution is 0.0693. The van der Waals surface area contributed by atoms with Crippen LogP contribution in [0.25, 0.3) is 0 Å². The number of hydrogen-bond donors (Lipinski definition) is 1. The normalized spacial score (nSPS) is 12.9. The fourth-order valence-electron chi connectivity index (χ4n) is 1.50. The summed E-state index contributed by atoms with van der Waals surface area (Å²) in [6.07, 6.45) is 0.962. The molecule has 0 aliphatic rings. The van der Waals surface area contributed by atoms with Crippen LogP contribution in [0.4, 0.5) is 0 Å². The number of rotatable bonds is 9. The SMILES string of the molecule is COCCOCCCNC(C)c1cc(Cl)sc1Cl. The zero-order chi connectivity index (χ0) is 13.4. The van der Waals surface area contributed by atoms with Crippen LogP contribution in [0.3, 0.4) is 0 Å². The van der Waals surface area contributed by atoms with Crippen molar-refractivity contribution in [3.63, 3.8) is 0 Å². The zero-order valence-electron chi connectivity index (χ0n) is 10.7. The second kappa shape index (κ2) is 9.13. The largest absolute Gasteiger partial charge is 0.382 e. The van der Waals surface area contributed by atoms with Gasteiger partial charge in [0.25, 0.3) is 0 Å². The maximum Gasteiger partial charge on any atom is 0.0991 e. The van der Waals surface area contributed by atoms with Crippen molar-refractivity contribution >= 4 is 34.5 Å². The molecule has 0 fully saturated rings. The molecule has 1 aromatic rings. The van der Waals surface area contributed by atoms with Crippen LogP contribution in [0.2, 0.25) is 8.67 Å². The first-order valence-electron chi connectivity index (χ1n) is 5.90. The third kappa shape index (κ3) is 5.87. The predicted molar refractivity (Wildman–Crippen MR) is 78.1 cm³/mol. The highest BCUT2D eigenvalue weighted by Crippen LogP contribution is 2.34. The first-order valence-corrected chi connectivity index (χ1v) is 7.47. The van der Waals surface area contributed by atoms with Gasteiger partial charge in [-0.05, 0) is 31.5 Å². The third-order valence-corrected chi connectivity index (χ3v) is 4.02. The highest BCUT2D eigenvalue weighted by Gasteiger charge is 2.12. The Balaban J connectivity index is 2.14. The van der Waals surface area contributed by atoms with Crippen molar-refractivity contribution in [1.82, 2.24) is 5.32 Å². The molecule has 1 atom stereocenters. The minimum Gasteiger partial charge on any atom is -0.382 e. The van der Waals surface area contributed by atoms with Crippen molar-refractivity contribution in [2.45, 2.75) is 19.4 Å². The minimum atomic E-state index is 0.209. The lowest BCUT2D eigenvalue weighted by atomic mass is 10.2. The molecule has 0 saturated heterocycles. The van der Waals surface area contributed by atoms with E-state index in [1.54, 1.807) is 7.11 Å². The van der Waals surface area contributed by atoms with Gasteiger partial charge in [-0.2, -0.15) is 0 Å². The summed E-state index contributed by atoms with van der Waals surface area (Å²) < 4.78 is 11.8. The van der Waals surface area contributed by atoms with E-state index in [1.165, 1.54) is 11.3 Å².